The SMILES string of the molecule is Cc1ccc([C@H](C)NC(=O)c2ccc(N3NC(=O)CCC3=O)cc2)o1. The Balaban J connectivity index is 1.68. The third-order valence-electron chi connectivity index (χ3n) is 3.98. The number of nitrogens with zero attached hydrogens (tertiary/aromatic N) is 1. The van der Waals surface area contributed by atoms with E-state index in [0.717, 1.165) is 5.76 Å². The van der Waals surface area contributed by atoms with Crippen molar-refractivity contribution in [3.8, 4) is 0 Å². The van der Waals surface area contributed by atoms with E-state index < -0.39 is 0 Å². The lowest BCUT2D eigenvalue weighted by molar-refractivity contribution is -0.130. The number of rotatable bonds is 4. The summed E-state index contributed by atoms with van der Waals surface area (Å²) in [6.07, 6.45) is 0.369. The van der Waals surface area contributed by atoms with Crippen molar-refractivity contribution in [3.05, 3.63) is 53.5 Å². The Morgan fingerprint density at radius 3 is 2.52 bits per heavy atom. The molecule has 1 aromatic carbocycles. The molecule has 25 heavy (non-hydrogen) atoms. The maximum Gasteiger partial charge on any atom is 0.251 e. The van der Waals surface area contributed by atoms with Crippen molar-refractivity contribution in [1.82, 2.24) is 10.7 Å². The van der Waals surface area contributed by atoms with Gasteiger partial charge in [0.25, 0.3) is 5.91 Å². The Morgan fingerprint density at radius 2 is 1.88 bits per heavy atom. The van der Waals surface area contributed by atoms with Gasteiger partial charge in [0.1, 0.15) is 11.5 Å². The molecule has 2 heterocycles. The summed E-state index contributed by atoms with van der Waals surface area (Å²) in [5.41, 5.74) is 3.49. The van der Waals surface area contributed by atoms with Gasteiger partial charge in [0.2, 0.25) is 11.8 Å². The van der Waals surface area contributed by atoms with E-state index in [9.17, 15) is 14.4 Å². The summed E-state index contributed by atoms with van der Waals surface area (Å²) in [6, 6.07) is 9.88. The quantitative estimate of drug-likeness (QED) is 0.892. The molecule has 1 aliphatic rings. The van der Waals surface area contributed by atoms with Gasteiger partial charge in [-0.05, 0) is 50.2 Å². The summed E-state index contributed by atoms with van der Waals surface area (Å²) < 4.78 is 5.50. The Bertz CT molecular complexity index is 810. The minimum atomic E-state index is -0.260. The Morgan fingerprint density at radius 1 is 1.16 bits per heavy atom. The minimum Gasteiger partial charge on any atom is -0.464 e. The molecule has 3 amide bonds. The van der Waals surface area contributed by atoms with Gasteiger partial charge < -0.3 is 9.73 Å². The van der Waals surface area contributed by atoms with Crippen molar-refractivity contribution in [3.63, 3.8) is 0 Å². The smallest absolute Gasteiger partial charge is 0.251 e. The summed E-state index contributed by atoms with van der Waals surface area (Å²) in [5.74, 6) is 0.836. The molecule has 2 N–H and O–H groups in total. The molecule has 0 aliphatic carbocycles. The fourth-order valence-electron chi connectivity index (χ4n) is 2.58. The molecule has 2 aromatic rings. The summed E-state index contributed by atoms with van der Waals surface area (Å²) in [4.78, 5) is 35.7. The van der Waals surface area contributed by atoms with Crippen molar-refractivity contribution in [2.45, 2.75) is 32.7 Å². The molecular formula is C18H19N3O4. The number of hydrazine groups is 1. The molecule has 0 unspecified atom stereocenters. The maximum absolute atomic E-state index is 12.3. The van der Waals surface area contributed by atoms with E-state index >= 15 is 0 Å². The highest BCUT2D eigenvalue weighted by atomic mass is 16.3. The molecule has 1 aliphatic heterocycles. The first-order valence-corrected chi connectivity index (χ1v) is 8.04. The van der Waals surface area contributed by atoms with Gasteiger partial charge in [0, 0.05) is 18.4 Å². The topological polar surface area (TPSA) is 91.7 Å². The van der Waals surface area contributed by atoms with E-state index in [-0.39, 0.29) is 36.6 Å². The van der Waals surface area contributed by atoms with Gasteiger partial charge >= 0.3 is 0 Å². The molecule has 0 saturated carbocycles. The first-order chi connectivity index (χ1) is 11.9. The summed E-state index contributed by atoms with van der Waals surface area (Å²) in [7, 11) is 0. The number of anilines is 1. The lowest BCUT2D eigenvalue weighted by Crippen LogP contribution is -2.50. The number of benzene rings is 1. The molecular weight excluding hydrogens is 322 g/mol. The van der Waals surface area contributed by atoms with Gasteiger partial charge in [-0.2, -0.15) is 0 Å². The highest BCUT2D eigenvalue weighted by Crippen LogP contribution is 2.19. The van der Waals surface area contributed by atoms with E-state index in [1.165, 1.54) is 5.01 Å². The highest BCUT2D eigenvalue weighted by Gasteiger charge is 2.24. The molecule has 1 atom stereocenters. The van der Waals surface area contributed by atoms with Crippen LogP contribution in [0.2, 0.25) is 0 Å². The number of carbonyl (C=O) groups is 3. The zero-order chi connectivity index (χ0) is 18.0. The van der Waals surface area contributed by atoms with Crippen molar-refractivity contribution in [1.29, 1.82) is 0 Å². The third-order valence-corrected chi connectivity index (χ3v) is 3.98. The summed E-state index contributed by atoms with van der Waals surface area (Å²) in [6.45, 7) is 3.68. The predicted molar refractivity (Wildman–Crippen MR) is 90.6 cm³/mol. The molecule has 1 saturated heterocycles. The fourth-order valence-corrected chi connectivity index (χ4v) is 2.58. The van der Waals surface area contributed by atoms with Crippen LogP contribution in [0.5, 0.6) is 0 Å². The van der Waals surface area contributed by atoms with Gasteiger partial charge in [-0.25, -0.2) is 5.01 Å². The monoisotopic (exact) mass is 341 g/mol. The first kappa shape index (κ1) is 16.8. The zero-order valence-electron chi connectivity index (χ0n) is 14.0. The fraction of sp³-hybridized carbons (Fsp3) is 0.278. The molecule has 0 radical (unpaired) electrons. The lowest BCUT2D eigenvalue weighted by atomic mass is 10.1. The average molecular weight is 341 g/mol. The van der Waals surface area contributed by atoms with Gasteiger partial charge in [-0.1, -0.05) is 0 Å². The highest BCUT2D eigenvalue weighted by molar-refractivity contribution is 6.01. The van der Waals surface area contributed by atoms with Crippen molar-refractivity contribution < 1.29 is 18.8 Å². The number of furan rings is 1. The Hall–Kier alpha value is -3.09. The van der Waals surface area contributed by atoms with Crippen molar-refractivity contribution in [2.75, 3.05) is 5.01 Å². The Labute approximate surface area is 145 Å². The second-order valence-electron chi connectivity index (χ2n) is 5.95. The van der Waals surface area contributed by atoms with Gasteiger partial charge in [0.05, 0.1) is 11.7 Å². The molecule has 7 heteroatoms. The van der Waals surface area contributed by atoms with E-state index in [1.54, 1.807) is 24.3 Å². The van der Waals surface area contributed by atoms with Crippen LogP contribution in [0.3, 0.4) is 0 Å². The van der Waals surface area contributed by atoms with Crippen LogP contribution >= 0.6 is 0 Å². The van der Waals surface area contributed by atoms with E-state index in [4.69, 9.17) is 4.42 Å². The summed E-state index contributed by atoms with van der Waals surface area (Å²) in [5, 5.41) is 4.07. The number of carbonyl (C=O) groups excluding carboxylic acids is 3. The largest absolute Gasteiger partial charge is 0.464 e. The lowest BCUT2D eigenvalue weighted by Gasteiger charge is -2.27. The molecule has 3 rings (SSSR count). The molecule has 0 bridgehead atoms. The molecule has 0 spiro atoms. The van der Waals surface area contributed by atoms with Crippen LogP contribution < -0.4 is 15.8 Å². The van der Waals surface area contributed by atoms with Crippen LogP contribution in [-0.4, -0.2) is 17.7 Å². The second kappa shape index (κ2) is 6.80. The van der Waals surface area contributed by atoms with Crippen LogP contribution in [0.25, 0.3) is 0 Å². The van der Waals surface area contributed by atoms with Crippen LogP contribution in [0.15, 0.2) is 40.8 Å². The van der Waals surface area contributed by atoms with Crippen LogP contribution in [0.4, 0.5) is 5.69 Å². The summed E-state index contributed by atoms with van der Waals surface area (Å²) >= 11 is 0. The second-order valence-corrected chi connectivity index (χ2v) is 5.95. The molecule has 130 valence electrons. The normalized spacial score (nSPS) is 15.7. The van der Waals surface area contributed by atoms with E-state index in [2.05, 4.69) is 10.7 Å². The zero-order valence-corrected chi connectivity index (χ0v) is 14.0. The van der Waals surface area contributed by atoms with E-state index in [1.807, 2.05) is 26.0 Å². The van der Waals surface area contributed by atoms with Crippen LogP contribution in [0.1, 0.15) is 47.7 Å². The number of nitrogens with one attached hydrogen (secondary N) is 2. The Kier molecular flexibility index (Phi) is 4.56. The van der Waals surface area contributed by atoms with Crippen LogP contribution in [0, 0.1) is 6.92 Å². The number of aryl methyl sites for hydroxylation is 1. The van der Waals surface area contributed by atoms with Crippen molar-refractivity contribution >= 4 is 23.4 Å². The molecule has 7 nitrogen and oxygen atoms in total. The first-order valence-electron chi connectivity index (χ1n) is 8.04. The van der Waals surface area contributed by atoms with Crippen molar-refractivity contribution in [2.24, 2.45) is 0 Å². The third kappa shape index (κ3) is 3.71. The van der Waals surface area contributed by atoms with Crippen LogP contribution in [-0.2, 0) is 9.59 Å². The molecule has 1 aromatic heterocycles. The number of hydrogen-bond donors (Lipinski definition) is 2. The average Bonchev–Trinajstić information content (AvgIpc) is 3.04. The van der Waals surface area contributed by atoms with Gasteiger partial charge in [-0.15, -0.1) is 0 Å². The predicted octanol–water partition coefficient (Wildman–Crippen LogP) is 2.24. The molecule has 1 fully saturated rings. The minimum absolute atomic E-state index is 0.175. The number of amides is 3. The van der Waals surface area contributed by atoms with E-state index in [0.29, 0.717) is 17.0 Å². The standard InChI is InChI=1S/C18H19N3O4/c1-11-3-8-15(25-11)12(2)19-18(24)13-4-6-14(7-5-13)21-17(23)10-9-16(22)20-21/h3-8,12H,9-10H2,1-2H3,(H,19,24)(H,20,22)/t12-/m0/s1. The van der Waals surface area contributed by atoms with Gasteiger partial charge in [0.15, 0.2) is 0 Å². The van der Waals surface area contributed by atoms with Gasteiger partial charge in [-0.3, -0.25) is 19.8 Å². The maximum atomic E-state index is 12.3. The number of hydrogen-bond acceptors (Lipinski definition) is 4.